The van der Waals surface area contributed by atoms with Crippen molar-refractivity contribution < 1.29 is 22.1 Å². The van der Waals surface area contributed by atoms with E-state index in [-0.39, 0.29) is 36.1 Å². The van der Waals surface area contributed by atoms with Gasteiger partial charge in [0.15, 0.2) is 11.5 Å². The van der Waals surface area contributed by atoms with Gasteiger partial charge in [0.05, 0.1) is 18.2 Å². The van der Waals surface area contributed by atoms with Crippen LogP contribution in [0.3, 0.4) is 0 Å². The first-order valence-electron chi connectivity index (χ1n) is 15.4. The number of rotatable bonds is 8. The van der Waals surface area contributed by atoms with E-state index in [0.29, 0.717) is 41.0 Å². The molecular formula is C32H32F4N8O2. The minimum atomic E-state index is -4.46. The molecule has 240 valence electrons. The molecule has 1 saturated carbocycles. The van der Waals surface area contributed by atoms with Crippen molar-refractivity contribution >= 4 is 22.9 Å². The lowest BCUT2D eigenvalue weighted by Crippen LogP contribution is -2.35. The number of nitrogens with zero attached hydrogens (tertiary/aromatic N) is 6. The molecule has 10 nitrogen and oxygen atoms in total. The Morgan fingerprint density at radius 1 is 1.00 bits per heavy atom. The van der Waals surface area contributed by atoms with Gasteiger partial charge in [-0.3, -0.25) is 9.51 Å². The van der Waals surface area contributed by atoms with Crippen molar-refractivity contribution in [2.24, 2.45) is 5.92 Å². The van der Waals surface area contributed by atoms with Gasteiger partial charge in [-0.2, -0.15) is 18.2 Å². The van der Waals surface area contributed by atoms with Gasteiger partial charge in [0, 0.05) is 12.6 Å². The van der Waals surface area contributed by atoms with Gasteiger partial charge >= 0.3 is 11.9 Å². The Morgan fingerprint density at radius 3 is 2.41 bits per heavy atom. The third-order valence-electron chi connectivity index (χ3n) is 9.09. The number of aromatic amines is 1. The number of hydrogen-bond donors (Lipinski definition) is 2. The molecule has 4 heterocycles. The minimum Gasteiger partial charge on any atom is -0.365 e. The molecule has 3 aromatic heterocycles. The molecule has 2 aliphatic rings. The van der Waals surface area contributed by atoms with E-state index in [0.717, 1.165) is 56.2 Å². The van der Waals surface area contributed by atoms with Gasteiger partial charge in [-0.1, -0.05) is 35.8 Å². The number of aromatic nitrogens is 6. The second-order valence-corrected chi connectivity index (χ2v) is 12.1. The Bertz CT molecular complexity index is 1890. The molecule has 1 saturated heterocycles. The van der Waals surface area contributed by atoms with E-state index in [2.05, 4.69) is 32.3 Å². The topological polar surface area (TPSA) is 118 Å². The predicted molar refractivity (Wildman–Crippen MR) is 163 cm³/mol. The van der Waals surface area contributed by atoms with Gasteiger partial charge in [-0.25, -0.2) is 19.2 Å². The fourth-order valence-corrected chi connectivity index (χ4v) is 6.38. The highest BCUT2D eigenvalue weighted by Crippen LogP contribution is 2.39. The molecule has 0 amide bonds. The number of fused-ring (bicyclic) bond motifs is 1. The molecule has 14 heteroatoms. The van der Waals surface area contributed by atoms with Crippen LogP contribution in [0.5, 0.6) is 0 Å². The van der Waals surface area contributed by atoms with E-state index in [1.165, 1.54) is 24.3 Å². The molecular weight excluding hydrogens is 604 g/mol. The average molecular weight is 637 g/mol. The van der Waals surface area contributed by atoms with E-state index < -0.39 is 17.5 Å². The van der Waals surface area contributed by atoms with E-state index in [1.54, 1.807) is 12.1 Å². The molecule has 2 fully saturated rings. The lowest BCUT2D eigenvalue weighted by Gasteiger charge is -2.37. The number of benzene rings is 2. The number of piperidine rings is 1. The molecule has 7 rings (SSSR count). The Morgan fingerprint density at radius 2 is 1.76 bits per heavy atom. The Labute approximate surface area is 260 Å². The summed E-state index contributed by atoms with van der Waals surface area (Å²) in [7, 11) is 0. The predicted octanol–water partition coefficient (Wildman–Crippen LogP) is 6.71. The summed E-state index contributed by atoms with van der Waals surface area (Å²) < 4.78 is 60.7. The first-order valence-corrected chi connectivity index (χ1v) is 15.4. The van der Waals surface area contributed by atoms with Crippen LogP contribution in [0.15, 0.2) is 57.8 Å². The SMILES string of the molecule is C[C@@H](Nc1nc(-c2noc(=O)[nH]2)nc2nc(N3CCCCC3c3ccc(F)cc3)n(Cc3ccc(C(F)(F)F)cc3)c12)C1CCC1. The molecule has 0 bridgehead atoms. The second kappa shape index (κ2) is 11.9. The normalized spacial score (nSPS) is 18.1. The summed E-state index contributed by atoms with van der Waals surface area (Å²) in [4.78, 5) is 30.9. The Balaban J connectivity index is 1.40. The number of hydrogen-bond acceptors (Lipinski definition) is 8. The van der Waals surface area contributed by atoms with E-state index >= 15 is 0 Å². The summed E-state index contributed by atoms with van der Waals surface area (Å²) in [5, 5.41) is 7.34. The highest BCUT2D eigenvalue weighted by molar-refractivity contribution is 5.87. The Hall–Kier alpha value is -4.75. The van der Waals surface area contributed by atoms with E-state index in [9.17, 15) is 22.4 Å². The highest BCUT2D eigenvalue weighted by atomic mass is 19.4. The maximum Gasteiger partial charge on any atom is 0.439 e. The third kappa shape index (κ3) is 5.83. The molecule has 2 N–H and O–H groups in total. The van der Waals surface area contributed by atoms with Gasteiger partial charge in [0.1, 0.15) is 11.3 Å². The van der Waals surface area contributed by atoms with E-state index in [4.69, 9.17) is 14.5 Å². The van der Waals surface area contributed by atoms with Crippen LogP contribution in [0.25, 0.3) is 22.8 Å². The molecule has 1 unspecified atom stereocenters. The lowest BCUT2D eigenvalue weighted by molar-refractivity contribution is -0.137. The number of H-pyrrole nitrogens is 1. The zero-order chi connectivity index (χ0) is 32.0. The quantitative estimate of drug-likeness (QED) is 0.181. The van der Waals surface area contributed by atoms with Crippen molar-refractivity contribution in [3.8, 4) is 11.6 Å². The number of anilines is 2. The maximum atomic E-state index is 13.9. The van der Waals surface area contributed by atoms with Crippen molar-refractivity contribution in [3.63, 3.8) is 0 Å². The zero-order valence-corrected chi connectivity index (χ0v) is 25.0. The van der Waals surface area contributed by atoms with Crippen LogP contribution < -0.4 is 16.0 Å². The van der Waals surface area contributed by atoms with Crippen molar-refractivity contribution in [1.82, 2.24) is 29.7 Å². The first kappa shape index (κ1) is 29.9. The largest absolute Gasteiger partial charge is 0.439 e. The molecule has 2 aromatic carbocycles. The highest BCUT2D eigenvalue weighted by Gasteiger charge is 2.33. The van der Waals surface area contributed by atoms with Gasteiger partial charge < -0.3 is 14.8 Å². The van der Waals surface area contributed by atoms with Gasteiger partial charge in [-0.05, 0) is 80.3 Å². The van der Waals surface area contributed by atoms with Crippen molar-refractivity contribution in [2.75, 3.05) is 16.8 Å². The molecule has 1 aliphatic carbocycles. The smallest absolute Gasteiger partial charge is 0.365 e. The third-order valence-corrected chi connectivity index (χ3v) is 9.09. The summed E-state index contributed by atoms with van der Waals surface area (Å²) in [5.41, 5.74) is 1.72. The number of alkyl halides is 3. The van der Waals surface area contributed by atoms with Crippen LogP contribution in [-0.2, 0) is 12.7 Å². The molecule has 2 atom stereocenters. The lowest BCUT2D eigenvalue weighted by atomic mass is 9.80. The van der Waals surface area contributed by atoms with Crippen LogP contribution in [-0.4, -0.2) is 42.2 Å². The zero-order valence-electron chi connectivity index (χ0n) is 25.0. The summed E-state index contributed by atoms with van der Waals surface area (Å²) in [5.74, 6) is 0.544. The van der Waals surface area contributed by atoms with Gasteiger partial charge in [0.2, 0.25) is 17.6 Å². The Kier molecular flexibility index (Phi) is 7.73. The fraction of sp³-hybridized carbons (Fsp3) is 0.406. The molecule has 0 radical (unpaired) electrons. The fourth-order valence-electron chi connectivity index (χ4n) is 6.38. The standard InChI is InChI=1S/C32H32F4N8O2/c1-18(20-5-4-6-20)37-26-25-27(39-28(38-26)29-41-31(45)46-42-29)40-30(44(25)17-19-8-12-22(13-9-19)32(34,35)36)43-16-3-2-7-24(43)21-10-14-23(33)15-11-21/h8-15,18,20,24H,2-7,16-17H2,1H3,(H,37,38,39)(H,41,42,45)/t18-,24?/m1/s1. The van der Waals surface area contributed by atoms with Gasteiger partial charge in [-0.15, -0.1) is 0 Å². The van der Waals surface area contributed by atoms with Crippen LogP contribution in [0, 0.1) is 11.7 Å². The molecule has 1 aliphatic heterocycles. The van der Waals surface area contributed by atoms with Crippen LogP contribution >= 0.6 is 0 Å². The monoisotopic (exact) mass is 636 g/mol. The number of halogens is 4. The van der Waals surface area contributed by atoms with Crippen molar-refractivity contribution in [3.05, 3.63) is 81.6 Å². The van der Waals surface area contributed by atoms with Gasteiger partial charge in [0.25, 0.3) is 0 Å². The summed E-state index contributed by atoms with van der Waals surface area (Å²) in [6.07, 6.45) is 1.51. The maximum absolute atomic E-state index is 13.9. The number of nitrogens with one attached hydrogen (secondary N) is 2. The first-order chi connectivity index (χ1) is 22.1. The van der Waals surface area contributed by atoms with E-state index in [1.807, 2.05) is 4.57 Å². The van der Waals surface area contributed by atoms with Crippen molar-refractivity contribution in [1.29, 1.82) is 0 Å². The second-order valence-electron chi connectivity index (χ2n) is 12.1. The molecule has 46 heavy (non-hydrogen) atoms. The molecule has 5 aromatic rings. The van der Waals surface area contributed by atoms with Crippen LogP contribution in [0.1, 0.15) is 68.2 Å². The summed E-state index contributed by atoms with van der Waals surface area (Å²) in [6, 6.07) is 11.4. The van der Waals surface area contributed by atoms with Crippen LogP contribution in [0.4, 0.5) is 29.3 Å². The summed E-state index contributed by atoms with van der Waals surface area (Å²) in [6.45, 7) is 2.92. The molecule has 0 spiro atoms. The minimum absolute atomic E-state index is 0.0484. The van der Waals surface area contributed by atoms with Crippen LogP contribution in [0.2, 0.25) is 0 Å². The number of imidazole rings is 1. The summed E-state index contributed by atoms with van der Waals surface area (Å²) >= 11 is 0. The van der Waals surface area contributed by atoms with Crippen molar-refractivity contribution in [2.45, 2.75) is 70.3 Å². The average Bonchev–Trinajstić information content (AvgIpc) is 3.60.